The summed E-state index contributed by atoms with van der Waals surface area (Å²) in [5.41, 5.74) is -0.543. The molecule has 2 amide bonds. The second-order valence-corrected chi connectivity index (χ2v) is 7.28. The van der Waals surface area contributed by atoms with Gasteiger partial charge in [-0.15, -0.1) is 0 Å². The fraction of sp³-hybridized carbons (Fsp3) is 0.556. The fourth-order valence-electron chi connectivity index (χ4n) is 2.90. The minimum Gasteiger partial charge on any atom is -0.485 e. The number of ether oxygens (including phenoxy) is 3. The van der Waals surface area contributed by atoms with Gasteiger partial charge in [0.15, 0.2) is 11.5 Å². The van der Waals surface area contributed by atoms with Crippen LogP contribution >= 0.6 is 0 Å². The molecule has 136 valence electrons. The lowest BCUT2D eigenvalue weighted by atomic mass is 10.2. The number of hydrogen-bond acceptors (Lipinski definition) is 5. The average molecular weight is 348 g/mol. The third-order valence-corrected chi connectivity index (χ3v) is 4.00. The van der Waals surface area contributed by atoms with Crippen molar-refractivity contribution < 1.29 is 23.8 Å². The predicted octanol–water partition coefficient (Wildman–Crippen LogP) is 1.95. The number of alkyl carbamates (subject to hydrolysis) is 1. The van der Waals surface area contributed by atoms with Crippen molar-refractivity contribution in [1.82, 2.24) is 10.2 Å². The first-order valence-electron chi connectivity index (χ1n) is 8.48. The van der Waals surface area contributed by atoms with Gasteiger partial charge in [0.1, 0.15) is 12.2 Å². The molecule has 0 aromatic heterocycles. The van der Waals surface area contributed by atoms with E-state index in [9.17, 15) is 9.59 Å². The molecule has 2 heterocycles. The van der Waals surface area contributed by atoms with Gasteiger partial charge in [0.2, 0.25) is 6.10 Å². The van der Waals surface area contributed by atoms with Crippen LogP contribution in [0, 0.1) is 0 Å². The van der Waals surface area contributed by atoms with E-state index in [1.54, 1.807) is 11.0 Å². The van der Waals surface area contributed by atoms with E-state index >= 15 is 0 Å². The Balaban J connectivity index is 1.52. The zero-order valence-corrected chi connectivity index (χ0v) is 14.8. The molecule has 2 aliphatic heterocycles. The number of para-hydroxylation sites is 2. The molecule has 7 nitrogen and oxygen atoms in total. The Morgan fingerprint density at radius 1 is 1.24 bits per heavy atom. The highest BCUT2D eigenvalue weighted by Crippen LogP contribution is 2.31. The Morgan fingerprint density at radius 3 is 2.68 bits per heavy atom. The van der Waals surface area contributed by atoms with Crippen molar-refractivity contribution in [3.8, 4) is 11.5 Å². The molecule has 0 radical (unpaired) electrons. The first-order valence-corrected chi connectivity index (χ1v) is 8.48. The van der Waals surface area contributed by atoms with Crippen molar-refractivity contribution in [2.45, 2.75) is 44.9 Å². The van der Waals surface area contributed by atoms with Crippen LogP contribution in [0.5, 0.6) is 11.5 Å². The summed E-state index contributed by atoms with van der Waals surface area (Å²) in [5.74, 6) is 1.11. The summed E-state index contributed by atoms with van der Waals surface area (Å²) in [4.78, 5) is 26.2. The second-order valence-electron chi connectivity index (χ2n) is 7.28. The van der Waals surface area contributed by atoms with Crippen LogP contribution < -0.4 is 14.8 Å². The molecule has 0 unspecified atom stereocenters. The molecule has 0 spiro atoms. The second kappa shape index (κ2) is 6.82. The summed E-state index contributed by atoms with van der Waals surface area (Å²) in [6.45, 7) is 6.65. The monoisotopic (exact) mass is 348 g/mol. The van der Waals surface area contributed by atoms with Crippen LogP contribution in [0.25, 0.3) is 0 Å². The van der Waals surface area contributed by atoms with E-state index in [2.05, 4.69) is 5.32 Å². The maximum Gasteiger partial charge on any atom is 0.407 e. The van der Waals surface area contributed by atoms with Gasteiger partial charge in [0.25, 0.3) is 5.91 Å². The number of benzene rings is 1. The van der Waals surface area contributed by atoms with Crippen LogP contribution in [-0.4, -0.2) is 54.3 Å². The first-order chi connectivity index (χ1) is 11.8. The normalized spacial score (nSPS) is 22.4. The molecule has 1 aromatic carbocycles. The largest absolute Gasteiger partial charge is 0.485 e. The van der Waals surface area contributed by atoms with Crippen LogP contribution in [0.4, 0.5) is 4.79 Å². The van der Waals surface area contributed by atoms with E-state index in [1.807, 2.05) is 39.0 Å². The number of amides is 2. The van der Waals surface area contributed by atoms with Gasteiger partial charge < -0.3 is 24.4 Å². The highest BCUT2D eigenvalue weighted by Gasteiger charge is 2.35. The number of likely N-dealkylation sites (tertiary alicyclic amines) is 1. The Morgan fingerprint density at radius 2 is 1.96 bits per heavy atom. The molecular formula is C18H24N2O5. The molecule has 0 saturated carbocycles. The van der Waals surface area contributed by atoms with Crippen molar-refractivity contribution >= 4 is 12.0 Å². The van der Waals surface area contributed by atoms with Gasteiger partial charge in [-0.05, 0) is 39.3 Å². The fourth-order valence-corrected chi connectivity index (χ4v) is 2.90. The van der Waals surface area contributed by atoms with Crippen molar-refractivity contribution in [3.05, 3.63) is 24.3 Å². The van der Waals surface area contributed by atoms with Crippen molar-refractivity contribution in [2.75, 3.05) is 19.7 Å². The van der Waals surface area contributed by atoms with E-state index in [1.165, 1.54) is 0 Å². The van der Waals surface area contributed by atoms with Crippen molar-refractivity contribution in [1.29, 1.82) is 0 Å². The third-order valence-electron chi connectivity index (χ3n) is 4.00. The number of rotatable bonds is 2. The van der Waals surface area contributed by atoms with Crippen LogP contribution in [0.3, 0.4) is 0 Å². The molecule has 1 fully saturated rings. The Bertz CT molecular complexity index is 655. The molecule has 2 aliphatic rings. The first kappa shape index (κ1) is 17.4. The summed E-state index contributed by atoms with van der Waals surface area (Å²) in [7, 11) is 0. The molecule has 0 bridgehead atoms. The maximum absolute atomic E-state index is 12.6. The average Bonchev–Trinajstić information content (AvgIpc) is 3.00. The third kappa shape index (κ3) is 4.35. The molecule has 2 atom stereocenters. The SMILES string of the molecule is CC(C)(C)OC(=O)N[C@H]1CCN(C(=O)[C@@H]2COc3ccccc3O2)C1. The van der Waals surface area contributed by atoms with Crippen LogP contribution in [0.1, 0.15) is 27.2 Å². The highest BCUT2D eigenvalue weighted by molar-refractivity contribution is 5.82. The number of fused-ring (bicyclic) bond motifs is 1. The van der Waals surface area contributed by atoms with Crippen LogP contribution in [0.2, 0.25) is 0 Å². The van der Waals surface area contributed by atoms with Gasteiger partial charge in [-0.1, -0.05) is 12.1 Å². The minimum absolute atomic E-state index is 0.115. The lowest BCUT2D eigenvalue weighted by Gasteiger charge is -2.28. The lowest BCUT2D eigenvalue weighted by Crippen LogP contribution is -2.47. The Labute approximate surface area is 147 Å². The smallest absolute Gasteiger partial charge is 0.407 e. The van der Waals surface area contributed by atoms with Gasteiger partial charge in [-0.25, -0.2) is 4.79 Å². The van der Waals surface area contributed by atoms with Crippen LogP contribution in [-0.2, 0) is 9.53 Å². The summed E-state index contributed by atoms with van der Waals surface area (Å²) >= 11 is 0. The number of nitrogens with zero attached hydrogens (tertiary/aromatic N) is 1. The summed E-state index contributed by atoms with van der Waals surface area (Å²) in [5, 5.41) is 2.81. The number of carbonyl (C=O) groups excluding carboxylic acids is 2. The molecule has 1 N–H and O–H groups in total. The lowest BCUT2D eigenvalue weighted by molar-refractivity contribution is -0.140. The molecule has 1 saturated heterocycles. The Hall–Kier alpha value is -2.44. The van der Waals surface area contributed by atoms with E-state index in [4.69, 9.17) is 14.2 Å². The van der Waals surface area contributed by atoms with Gasteiger partial charge in [-0.2, -0.15) is 0 Å². The quantitative estimate of drug-likeness (QED) is 0.884. The van der Waals surface area contributed by atoms with Gasteiger partial charge in [0.05, 0.1) is 6.04 Å². The zero-order chi connectivity index (χ0) is 18.0. The Kier molecular flexibility index (Phi) is 4.74. The zero-order valence-electron chi connectivity index (χ0n) is 14.8. The van der Waals surface area contributed by atoms with E-state index in [0.29, 0.717) is 31.0 Å². The van der Waals surface area contributed by atoms with Gasteiger partial charge in [0, 0.05) is 13.1 Å². The number of hydrogen-bond donors (Lipinski definition) is 1. The maximum atomic E-state index is 12.6. The molecule has 25 heavy (non-hydrogen) atoms. The van der Waals surface area contributed by atoms with E-state index in [0.717, 1.165) is 0 Å². The minimum atomic E-state index is -0.657. The summed E-state index contributed by atoms with van der Waals surface area (Å²) in [6.07, 6.45) is -0.428. The predicted molar refractivity (Wildman–Crippen MR) is 90.7 cm³/mol. The van der Waals surface area contributed by atoms with Crippen molar-refractivity contribution in [3.63, 3.8) is 0 Å². The van der Waals surface area contributed by atoms with E-state index < -0.39 is 17.8 Å². The van der Waals surface area contributed by atoms with Gasteiger partial charge in [-0.3, -0.25) is 4.79 Å². The van der Waals surface area contributed by atoms with Gasteiger partial charge >= 0.3 is 6.09 Å². The topological polar surface area (TPSA) is 77.1 Å². The molecule has 0 aliphatic carbocycles. The number of nitrogens with one attached hydrogen (secondary N) is 1. The van der Waals surface area contributed by atoms with Crippen molar-refractivity contribution in [2.24, 2.45) is 0 Å². The molecule has 7 heteroatoms. The summed E-state index contributed by atoms with van der Waals surface area (Å²) in [6, 6.07) is 7.18. The standard InChI is InChI=1S/C18H24N2O5/c1-18(2,3)25-17(22)19-12-8-9-20(10-12)16(21)15-11-23-13-6-4-5-7-14(13)24-15/h4-7,12,15H,8-11H2,1-3H3,(H,19,22)/t12-,15-/m0/s1. The molecule has 1 aromatic rings. The molecular weight excluding hydrogens is 324 g/mol. The summed E-state index contributed by atoms with van der Waals surface area (Å²) < 4.78 is 16.6. The number of carbonyl (C=O) groups is 2. The van der Waals surface area contributed by atoms with E-state index in [-0.39, 0.29) is 18.6 Å². The van der Waals surface area contributed by atoms with Crippen LogP contribution in [0.15, 0.2) is 24.3 Å². The molecule has 3 rings (SSSR count). The highest BCUT2D eigenvalue weighted by atomic mass is 16.6.